The fourth-order valence-electron chi connectivity index (χ4n) is 2.00. The highest BCUT2D eigenvalue weighted by atomic mass is 35.5. The van der Waals surface area contributed by atoms with Crippen molar-refractivity contribution in [3.63, 3.8) is 0 Å². The number of hydrogen-bond donors (Lipinski definition) is 1. The Morgan fingerprint density at radius 2 is 2.21 bits per heavy atom. The lowest BCUT2D eigenvalue weighted by molar-refractivity contribution is 0.102. The molecule has 0 bridgehead atoms. The van der Waals surface area contributed by atoms with Crippen LogP contribution in [0.1, 0.15) is 27.3 Å². The molecule has 0 saturated carbocycles. The van der Waals surface area contributed by atoms with Crippen molar-refractivity contribution in [2.45, 2.75) is 19.3 Å². The van der Waals surface area contributed by atoms with Gasteiger partial charge in [0.1, 0.15) is 5.15 Å². The second-order valence-corrected chi connectivity index (χ2v) is 6.06. The van der Waals surface area contributed by atoms with Gasteiger partial charge >= 0.3 is 0 Å². The summed E-state index contributed by atoms with van der Waals surface area (Å²) in [5, 5.41) is 3.87. The van der Waals surface area contributed by atoms with Crippen molar-refractivity contribution in [2.75, 3.05) is 5.32 Å². The standard InChI is InChI=1S/C12H9Cl2N3OS/c13-7-5-15-10(14)4-6(7)11(18)17-12-16-8-2-1-3-9(8)19-12/h4-5H,1-3H2,(H,16,17,18). The quantitative estimate of drug-likeness (QED) is 0.862. The highest BCUT2D eigenvalue weighted by molar-refractivity contribution is 7.16. The first-order chi connectivity index (χ1) is 9.13. The summed E-state index contributed by atoms with van der Waals surface area (Å²) in [7, 11) is 0. The molecule has 7 heteroatoms. The molecule has 0 atom stereocenters. The van der Waals surface area contributed by atoms with E-state index in [0.717, 1.165) is 25.0 Å². The van der Waals surface area contributed by atoms with Gasteiger partial charge in [0.15, 0.2) is 5.13 Å². The van der Waals surface area contributed by atoms with Gasteiger partial charge in [-0.15, -0.1) is 11.3 Å². The Morgan fingerprint density at radius 1 is 1.37 bits per heavy atom. The number of nitrogens with one attached hydrogen (secondary N) is 1. The Morgan fingerprint density at radius 3 is 3.00 bits per heavy atom. The Hall–Kier alpha value is -1.17. The normalized spacial score (nSPS) is 13.4. The number of hydrogen-bond acceptors (Lipinski definition) is 4. The molecule has 2 aromatic rings. The van der Waals surface area contributed by atoms with Crippen LogP contribution >= 0.6 is 34.5 Å². The zero-order valence-corrected chi connectivity index (χ0v) is 12.1. The lowest BCUT2D eigenvalue weighted by Gasteiger charge is -2.04. The largest absolute Gasteiger partial charge is 0.298 e. The van der Waals surface area contributed by atoms with Gasteiger partial charge in [-0.3, -0.25) is 10.1 Å². The van der Waals surface area contributed by atoms with Crippen LogP contribution in [0.25, 0.3) is 0 Å². The summed E-state index contributed by atoms with van der Waals surface area (Å²) in [4.78, 5) is 21.6. The van der Waals surface area contributed by atoms with E-state index in [0.29, 0.717) is 10.7 Å². The van der Waals surface area contributed by atoms with E-state index in [2.05, 4.69) is 15.3 Å². The summed E-state index contributed by atoms with van der Waals surface area (Å²) < 4.78 is 0. The predicted molar refractivity (Wildman–Crippen MR) is 76.3 cm³/mol. The third kappa shape index (κ3) is 2.59. The number of nitrogens with zero attached hydrogens (tertiary/aromatic N) is 2. The van der Waals surface area contributed by atoms with Gasteiger partial charge in [-0.25, -0.2) is 9.97 Å². The second-order valence-electron chi connectivity index (χ2n) is 4.18. The van der Waals surface area contributed by atoms with E-state index in [1.54, 1.807) is 0 Å². The van der Waals surface area contributed by atoms with Crippen molar-refractivity contribution in [3.8, 4) is 0 Å². The van der Waals surface area contributed by atoms with Gasteiger partial charge in [0, 0.05) is 11.1 Å². The van der Waals surface area contributed by atoms with Crippen LogP contribution in [0.3, 0.4) is 0 Å². The van der Waals surface area contributed by atoms with Crippen LogP contribution in [0.5, 0.6) is 0 Å². The summed E-state index contributed by atoms with van der Waals surface area (Å²) in [6.45, 7) is 0. The average molecular weight is 314 g/mol. The fourth-order valence-corrected chi connectivity index (χ4v) is 3.39. The number of carbonyl (C=O) groups excluding carboxylic acids is 1. The summed E-state index contributed by atoms with van der Waals surface area (Å²) in [5.74, 6) is -0.318. The zero-order chi connectivity index (χ0) is 13.4. The number of fused-ring (bicyclic) bond motifs is 1. The summed E-state index contributed by atoms with van der Waals surface area (Å²) in [6, 6.07) is 1.44. The SMILES string of the molecule is O=C(Nc1nc2c(s1)CCC2)c1cc(Cl)ncc1Cl. The smallest absolute Gasteiger partial charge is 0.259 e. The number of rotatable bonds is 2. The minimum Gasteiger partial charge on any atom is -0.298 e. The van der Waals surface area contributed by atoms with Gasteiger partial charge in [0.05, 0.1) is 16.3 Å². The second kappa shape index (κ2) is 5.07. The van der Waals surface area contributed by atoms with E-state index < -0.39 is 0 Å². The molecule has 0 aliphatic heterocycles. The van der Waals surface area contributed by atoms with Gasteiger partial charge in [0.25, 0.3) is 5.91 Å². The first kappa shape index (κ1) is 12.8. The molecule has 3 rings (SSSR count). The average Bonchev–Trinajstić information content (AvgIpc) is 2.92. The van der Waals surface area contributed by atoms with Gasteiger partial charge in [0.2, 0.25) is 0 Å². The molecule has 98 valence electrons. The minimum atomic E-state index is -0.318. The number of carbonyl (C=O) groups is 1. The third-order valence-corrected chi connectivity index (χ3v) is 4.46. The highest BCUT2D eigenvalue weighted by Crippen LogP contribution is 2.31. The Labute approximate surface area is 123 Å². The van der Waals surface area contributed by atoms with Crippen molar-refractivity contribution in [1.82, 2.24) is 9.97 Å². The maximum atomic E-state index is 12.1. The van der Waals surface area contributed by atoms with Crippen LogP contribution in [-0.2, 0) is 12.8 Å². The molecule has 4 nitrogen and oxygen atoms in total. The van der Waals surface area contributed by atoms with E-state index in [-0.39, 0.29) is 16.1 Å². The molecular weight excluding hydrogens is 305 g/mol. The van der Waals surface area contributed by atoms with Gasteiger partial charge in [-0.2, -0.15) is 0 Å². The molecule has 2 aromatic heterocycles. The molecule has 0 saturated heterocycles. The number of aromatic nitrogens is 2. The maximum absolute atomic E-state index is 12.1. The lowest BCUT2D eigenvalue weighted by Crippen LogP contribution is -2.12. The summed E-state index contributed by atoms with van der Waals surface area (Å²) in [5.41, 5.74) is 1.40. The number of anilines is 1. The minimum absolute atomic E-state index is 0.233. The van der Waals surface area contributed by atoms with Crippen molar-refractivity contribution < 1.29 is 4.79 Å². The Balaban J connectivity index is 1.82. The number of aryl methyl sites for hydroxylation is 2. The third-order valence-electron chi connectivity index (χ3n) is 2.88. The Bertz CT molecular complexity index is 635. The van der Waals surface area contributed by atoms with Crippen LogP contribution < -0.4 is 5.32 Å². The van der Waals surface area contributed by atoms with Crippen LogP contribution in [0.15, 0.2) is 12.3 Å². The molecular formula is C12H9Cl2N3OS. The zero-order valence-electron chi connectivity index (χ0n) is 9.74. The molecule has 19 heavy (non-hydrogen) atoms. The molecule has 0 unspecified atom stereocenters. The van der Waals surface area contributed by atoms with E-state index >= 15 is 0 Å². The lowest BCUT2D eigenvalue weighted by atomic mass is 10.2. The van der Waals surface area contributed by atoms with Crippen molar-refractivity contribution >= 4 is 45.6 Å². The van der Waals surface area contributed by atoms with E-state index in [4.69, 9.17) is 23.2 Å². The molecule has 0 spiro atoms. The molecule has 0 aromatic carbocycles. The highest BCUT2D eigenvalue weighted by Gasteiger charge is 2.19. The predicted octanol–water partition coefficient (Wildman–Crippen LogP) is 3.59. The first-order valence-electron chi connectivity index (χ1n) is 5.74. The van der Waals surface area contributed by atoms with Gasteiger partial charge < -0.3 is 0 Å². The molecule has 1 aliphatic carbocycles. The first-order valence-corrected chi connectivity index (χ1v) is 7.31. The van der Waals surface area contributed by atoms with Gasteiger partial charge in [-0.1, -0.05) is 23.2 Å². The maximum Gasteiger partial charge on any atom is 0.259 e. The van der Waals surface area contributed by atoms with Crippen LogP contribution in [0.2, 0.25) is 10.2 Å². The van der Waals surface area contributed by atoms with E-state index in [1.807, 2.05) is 0 Å². The van der Waals surface area contributed by atoms with Crippen LogP contribution in [-0.4, -0.2) is 15.9 Å². The van der Waals surface area contributed by atoms with Crippen molar-refractivity contribution in [3.05, 3.63) is 38.6 Å². The van der Waals surface area contributed by atoms with Crippen molar-refractivity contribution in [2.24, 2.45) is 0 Å². The molecule has 1 amide bonds. The van der Waals surface area contributed by atoms with Crippen LogP contribution in [0, 0.1) is 0 Å². The topological polar surface area (TPSA) is 54.9 Å². The van der Waals surface area contributed by atoms with Crippen molar-refractivity contribution in [1.29, 1.82) is 0 Å². The molecule has 1 aliphatic rings. The number of pyridine rings is 1. The van der Waals surface area contributed by atoms with Crippen LogP contribution in [0.4, 0.5) is 5.13 Å². The molecule has 0 fully saturated rings. The summed E-state index contributed by atoms with van der Waals surface area (Å²) >= 11 is 13.2. The molecule has 0 radical (unpaired) electrons. The van der Waals surface area contributed by atoms with Gasteiger partial charge in [-0.05, 0) is 25.3 Å². The Kier molecular flexibility index (Phi) is 3.43. The molecule has 1 N–H and O–H groups in total. The number of thiazole rings is 1. The number of amides is 1. The monoisotopic (exact) mass is 313 g/mol. The molecule has 2 heterocycles. The number of halogens is 2. The summed E-state index contributed by atoms with van der Waals surface area (Å²) in [6.07, 6.45) is 4.54. The van der Waals surface area contributed by atoms with E-state index in [1.165, 1.54) is 28.5 Å². The fraction of sp³-hybridized carbons (Fsp3) is 0.250. The van der Waals surface area contributed by atoms with E-state index in [9.17, 15) is 4.79 Å².